The molecule has 4 atom stereocenters. The van der Waals surface area contributed by atoms with Crippen LogP contribution in [-0.2, 0) is 20.7 Å². The van der Waals surface area contributed by atoms with E-state index in [2.05, 4.69) is 15.3 Å². The smallest absolute Gasteiger partial charge is 0.407 e. The van der Waals surface area contributed by atoms with Gasteiger partial charge >= 0.3 is 12.1 Å². The average molecular weight is 402 g/mol. The lowest BCUT2D eigenvalue weighted by molar-refractivity contribution is -0.147. The molecule has 8 heteroatoms. The molecule has 158 valence electrons. The highest BCUT2D eigenvalue weighted by Crippen LogP contribution is 2.38. The van der Waals surface area contributed by atoms with E-state index in [1.807, 2.05) is 30.3 Å². The van der Waals surface area contributed by atoms with Crippen molar-refractivity contribution < 1.29 is 19.1 Å². The number of methoxy groups -OCH3 is 1. The zero-order valence-electron chi connectivity index (χ0n) is 17.5. The molecule has 0 spiro atoms. The maximum atomic E-state index is 12.5. The number of hydrogen-bond donors (Lipinski definition) is 1. The van der Waals surface area contributed by atoms with Crippen LogP contribution in [0.2, 0.25) is 0 Å². The van der Waals surface area contributed by atoms with Crippen molar-refractivity contribution in [1.29, 1.82) is 0 Å². The lowest BCUT2D eigenvalue weighted by Crippen LogP contribution is -2.49. The molecule has 0 saturated heterocycles. The van der Waals surface area contributed by atoms with E-state index in [0.717, 1.165) is 18.4 Å². The molecule has 4 unspecified atom stereocenters. The molecule has 1 aromatic rings. The highest BCUT2D eigenvalue weighted by atomic mass is 16.6. The van der Waals surface area contributed by atoms with Gasteiger partial charge in [0.1, 0.15) is 5.60 Å². The molecule has 1 saturated carbocycles. The van der Waals surface area contributed by atoms with Crippen LogP contribution in [0.1, 0.15) is 45.6 Å². The Morgan fingerprint density at radius 3 is 2.55 bits per heavy atom. The van der Waals surface area contributed by atoms with Crippen molar-refractivity contribution in [2.75, 3.05) is 7.11 Å². The normalized spacial score (nSPS) is 20.8. The zero-order valence-corrected chi connectivity index (χ0v) is 17.5. The molecule has 1 N–H and O–H groups in total. The zero-order chi connectivity index (χ0) is 21.4. The Bertz CT molecular complexity index is 741. The monoisotopic (exact) mass is 402 g/mol. The first-order chi connectivity index (χ1) is 13.7. The van der Waals surface area contributed by atoms with Crippen LogP contribution < -0.4 is 5.32 Å². The van der Waals surface area contributed by atoms with Gasteiger partial charge in [-0.15, -0.1) is 0 Å². The van der Waals surface area contributed by atoms with Gasteiger partial charge in [0, 0.05) is 11.0 Å². The second kappa shape index (κ2) is 10.2. The second-order valence-corrected chi connectivity index (χ2v) is 8.36. The number of amides is 1. The van der Waals surface area contributed by atoms with Crippen LogP contribution in [-0.4, -0.2) is 36.9 Å². The molecule has 8 nitrogen and oxygen atoms in total. The fraction of sp³-hybridized carbons (Fsp3) is 0.619. The summed E-state index contributed by atoms with van der Waals surface area (Å²) in [6, 6.07) is 8.52. The Morgan fingerprint density at radius 1 is 1.28 bits per heavy atom. The third kappa shape index (κ3) is 6.68. The number of carbonyl (C=O) groups is 2. The predicted octanol–water partition coefficient (Wildman–Crippen LogP) is 4.39. The van der Waals surface area contributed by atoms with E-state index in [1.54, 1.807) is 20.8 Å². The SMILES string of the molecule is COC(=O)C1CCCC1C(N=[N+]=[N-])C(Cc1ccccc1)NC(=O)OC(C)(C)C. The molecule has 1 amide bonds. The summed E-state index contributed by atoms with van der Waals surface area (Å²) in [6.07, 6.45) is 2.12. The highest BCUT2D eigenvalue weighted by molar-refractivity contribution is 5.73. The van der Waals surface area contributed by atoms with E-state index >= 15 is 0 Å². The molecule has 0 heterocycles. The minimum Gasteiger partial charge on any atom is -0.469 e. The number of esters is 1. The van der Waals surface area contributed by atoms with Crippen molar-refractivity contribution in [2.24, 2.45) is 17.0 Å². The summed E-state index contributed by atoms with van der Waals surface area (Å²) in [6.45, 7) is 5.36. The number of hydrogen-bond acceptors (Lipinski definition) is 5. The van der Waals surface area contributed by atoms with Gasteiger partial charge in [0.15, 0.2) is 0 Å². The molecular formula is C21H30N4O4. The van der Waals surface area contributed by atoms with Crippen LogP contribution in [0.5, 0.6) is 0 Å². The third-order valence-corrected chi connectivity index (χ3v) is 5.11. The summed E-state index contributed by atoms with van der Waals surface area (Å²) >= 11 is 0. The van der Waals surface area contributed by atoms with Crippen molar-refractivity contribution >= 4 is 12.1 Å². The Hall–Kier alpha value is -2.73. The second-order valence-electron chi connectivity index (χ2n) is 8.36. The van der Waals surface area contributed by atoms with E-state index in [1.165, 1.54) is 7.11 Å². The van der Waals surface area contributed by atoms with Gasteiger partial charge in [0.2, 0.25) is 0 Å². The topological polar surface area (TPSA) is 113 Å². The van der Waals surface area contributed by atoms with Gasteiger partial charge in [-0.1, -0.05) is 41.9 Å². The Kier molecular flexibility index (Phi) is 7.91. The first-order valence-electron chi connectivity index (χ1n) is 9.90. The van der Waals surface area contributed by atoms with Crippen molar-refractivity contribution in [1.82, 2.24) is 5.32 Å². The molecule has 0 aromatic heterocycles. The van der Waals surface area contributed by atoms with Gasteiger partial charge in [-0.25, -0.2) is 4.79 Å². The lowest BCUT2D eigenvalue weighted by Gasteiger charge is -2.32. The molecule has 1 aliphatic carbocycles. The molecule has 2 rings (SSSR count). The Morgan fingerprint density at radius 2 is 1.97 bits per heavy atom. The van der Waals surface area contributed by atoms with Crippen LogP contribution in [0, 0.1) is 11.8 Å². The summed E-state index contributed by atoms with van der Waals surface area (Å²) in [5.41, 5.74) is 9.54. The number of benzene rings is 1. The van der Waals surface area contributed by atoms with Crippen LogP contribution in [0.4, 0.5) is 4.79 Å². The molecule has 1 aliphatic rings. The molecule has 1 fully saturated rings. The average Bonchev–Trinajstić information content (AvgIpc) is 3.13. The van der Waals surface area contributed by atoms with Crippen LogP contribution in [0.25, 0.3) is 10.4 Å². The number of nitrogens with zero attached hydrogens (tertiary/aromatic N) is 3. The summed E-state index contributed by atoms with van der Waals surface area (Å²) in [5.74, 6) is -0.863. The summed E-state index contributed by atoms with van der Waals surface area (Å²) in [4.78, 5) is 27.8. The highest BCUT2D eigenvalue weighted by Gasteiger charge is 2.42. The molecule has 1 aromatic carbocycles. The van der Waals surface area contributed by atoms with E-state index in [0.29, 0.717) is 12.8 Å². The van der Waals surface area contributed by atoms with Crippen molar-refractivity contribution in [3.63, 3.8) is 0 Å². The summed E-state index contributed by atoms with van der Waals surface area (Å²) in [5, 5.41) is 6.90. The first kappa shape index (κ1) is 22.6. The van der Waals surface area contributed by atoms with Crippen LogP contribution in [0.3, 0.4) is 0 Å². The Labute approximate surface area is 171 Å². The molecule has 0 aliphatic heterocycles. The molecular weight excluding hydrogens is 372 g/mol. The number of rotatable bonds is 7. The van der Waals surface area contributed by atoms with Crippen molar-refractivity contribution in [3.8, 4) is 0 Å². The van der Waals surface area contributed by atoms with Gasteiger partial charge in [0.25, 0.3) is 0 Å². The van der Waals surface area contributed by atoms with Crippen LogP contribution in [0.15, 0.2) is 35.4 Å². The van der Waals surface area contributed by atoms with E-state index in [4.69, 9.17) is 9.47 Å². The molecule has 0 bridgehead atoms. The fourth-order valence-electron chi connectivity index (χ4n) is 3.95. The quantitative estimate of drug-likeness (QED) is 0.315. The number of ether oxygens (including phenoxy) is 2. The largest absolute Gasteiger partial charge is 0.469 e. The van der Waals surface area contributed by atoms with E-state index in [9.17, 15) is 15.1 Å². The van der Waals surface area contributed by atoms with Gasteiger partial charge in [-0.3, -0.25) is 4.79 Å². The molecule has 29 heavy (non-hydrogen) atoms. The van der Waals surface area contributed by atoms with Gasteiger partial charge in [-0.05, 0) is 57.0 Å². The fourth-order valence-corrected chi connectivity index (χ4v) is 3.95. The minimum atomic E-state index is -0.655. The summed E-state index contributed by atoms with van der Waals surface area (Å²) in [7, 11) is 1.36. The van der Waals surface area contributed by atoms with E-state index < -0.39 is 23.8 Å². The van der Waals surface area contributed by atoms with Crippen LogP contribution >= 0.6 is 0 Å². The number of azide groups is 1. The van der Waals surface area contributed by atoms with Crippen molar-refractivity contribution in [2.45, 2.75) is 64.1 Å². The number of nitrogens with one attached hydrogen (secondary N) is 1. The Balaban J connectivity index is 2.32. The number of alkyl carbamates (subject to hydrolysis) is 1. The van der Waals surface area contributed by atoms with Gasteiger partial charge < -0.3 is 14.8 Å². The standard InChI is InChI=1S/C21H30N4O4/c1-21(2,3)29-20(27)23-17(13-14-9-6-5-7-10-14)18(24-25-22)15-11-8-12-16(15)19(26)28-4/h5-7,9-10,15-18H,8,11-13H2,1-4H3,(H,23,27). The van der Waals surface area contributed by atoms with Gasteiger partial charge in [0.05, 0.1) is 19.1 Å². The lowest BCUT2D eigenvalue weighted by atomic mass is 9.83. The maximum Gasteiger partial charge on any atom is 0.407 e. The maximum absolute atomic E-state index is 12.5. The van der Waals surface area contributed by atoms with Crippen molar-refractivity contribution in [3.05, 3.63) is 46.3 Å². The third-order valence-electron chi connectivity index (χ3n) is 5.11. The first-order valence-corrected chi connectivity index (χ1v) is 9.90. The van der Waals surface area contributed by atoms with Gasteiger partial charge in [-0.2, -0.15) is 0 Å². The van der Waals surface area contributed by atoms with E-state index in [-0.39, 0.29) is 17.8 Å². The minimum absolute atomic E-state index is 0.206. The molecule has 0 radical (unpaired) electrons. The summed E-state index contributed by atoms with van der Waals surface area (Å²) < 4.78 is 10.4. The number of carbonyl (C=O) groups excluding carboxylic acids is 2. The predicted molar refractivity (Wildman–Crippen MR) is 109 cm³/mol.